The van der Waals surface area contributed by atoms with Crippen molar-refractivity contribution in [1.29, 1.82) is 0 Å². The van der Waals surface area contributed by atoms with Crippen LogP contribution in [-0.2, 0) is 19.4 Å². The molecule has 5 rings (SSSR count). The Kier molecular flexibility index (Phi) is 5.15. The number of benzene rings is 1. The predicted molar refractivity (Wildman–Crippen MR) is 122 cm³/mol. The normalized spacial score (nSPS) is 15.1. The van der Waals surface area contributed by atoms with E-state index in [9.17, 15) is 0 Å². The second kappa shape index (κ2) is 8.11. The lowest BCUT2D eigenvalue weighted by Gasteiger charge is -2.06. The number of aromatic nitrogens is 5. The van der Waals surface area contributed by atoms with Crippen LogP contribution < -0.4 is 10.1 Å². The molecule has 1 unspecified atom stereocenters. The third-order valence-electron chi connectivity index (χ3n) is 5.38. The van der Waals surface area contributed by atoms with E-state index in [1.165, 1.54) is 10.4 Å². The van der Waals surface area contributed by atoms with Gasteiger partial charge in [-0.05, 0) is 49.4 Å². The van der Waals surface area contributed by atoms with Gasteiger partial charge in [-0.2, -0.15) is 5.10 Å². The van der Waals surface area contributed by atoms with Crippen LogP contribution in [0.25, 0.3) is 11.3 Å². The number of nitrogens with one attached hydrogen (secondary N) is 1. The van der Waals surface area contributed by atoms with E-state index in [4.69, 9.17) is 14.8 Å². The fourth-order valence-corrected chi connectivity index (χ4v) is 5.02. The zero-order valence-electron chi connectivity index (χ0n) is 17.8. The van der Waals surface area contributed by atoms with Gasteiger partial charge in [0.1, 0.15) is 5.75 Å². The quantitative estimate of drug-likeness (QED) is 0.495. The van der Waals surface area contributed by atoms with Crippen LogP contribution in [-0.4, -0.2) is 31.8 Å². The number of fused-ring (bicyclic) bond motifs is 3. The van der Waals surface area contributed by atoms with Gasteiger partial charge in [0, 0.05) is 28.5 Å². The highest BCUT2D eigenvalue weighted by molar-refractivity contribution is 7.16. The minimum Gasteiger partial charge on any atom is -0.497 e. The SMILES string of the molecule is COc1ccc(Cn2cc3c(n2)CC(C)Cc2sc(Nc4nccc(C)n4)nc2-3)cc1. The van der Waals surface area contributed by atoms with E-state index in [-0.39, 0.29) is 0 Å². The van der Waals surface area contributed by atoms with Crippen LogP contribution in [0.1, 0.15) is 28.8 Å². The molecule has 1 N–H and O–H groups in total. The molecule has 0 radical (unpaired) electrons. The van der Waals surface area contributed by atoms with Crippen molar-refractivity contribution >= 4 is 22.4 Å². The smallest absolute Gasteiger partial charge is 0.229 e. The van der Waals surface area contributed by atoms with E-state index in [2.05, 4.69) is 40.5 Å². The molecule has 1 atom stereocenters. The molecule has 1 aromatic carbocycles. The fraction of sp³-hybridized carbons (Fsp3) is 0.304. The molecular formula is C23H24N6OS. The third kappa shape index (κ3) is 4.16. The monoisotopic (exact) mass is 432 g/mol. The van der Waals surface area contributed by atoms with Crippen LogP contribution in [0, 0.1) is 12.8 Å². The molecule has 31 heavy (non-hydrogen) atoms. The summed E-state index contributed by atoms with van der Waals surface area (Å²) in [5.74, 6) is 1.94. The first kappa shape index (κ1) is 19.7. The molecule has 8 heteroatoms. The van der Waals surface area contributed by atoms with Crippen LogP contribution in [0.4, 0.5) is 11.1 Å². The van der Waals surface area contributed by atoms with Crippen molar-refractivity contribution in [3.05, 3.63) is 64.6 Å². The molecule has 0 saturated carbocycles. The Morgan fingerprint density at radius 1 is 1.16 bits per heavy atom. The van der Waals surface area contributed by atoms with E-state index in [1.54, 1.807) is 24.6 Å². The first-order valence-electron chi connectivity index (χ1n) is 10.3. The number of hydrogen-bond acceptors (Lipinski definition) is 7. The molecule has 0 spiro atoms. The summed E-state index contributed by atoms with van der Waals surface area (Å²) >= 11 is 1.68. The molecule has 1 aliphatic carbocycles. The Morgan fingerprint density at radius 3 is 2.77 bits per heavy atom. The molecule has 0 saturated heterocycles. The van der Waals surface area contributed by atoms with Gasteiger partial charge in [0.15, 0.2) is 5.13 Å². The molecular weight excluding hydrogens is 408 g/mol. The summed E-state index contributed by atoms with van der Waals surface area (Å²) in [5, 5.41) is 9.00. The molecule has 7 nitrogen and oxygen atoms in total. The third-order valence-corrected chi connectivity index (χ3v) is 6.38. The van der Waals surface area contributed by atoms with Crippen molar-refractivity contribution < 1.29 is 4.74 Å². The molecule has 1 aliphatic rings. The number of rotatable bonds is 5. The zero-order valence-corrected chi connectivity index (χ0v) is 18.6. The Labute approximate surface area is 185 Å². The highest BCUT2D eigenvalue weighted by atomic mass is 32.1. The lowest BCUT2D eigenvalue weighted by atomic mass is 10.0. The standard InChI is InChI=1S/C23H24N6OS/c1-14-10-19-18(13-29(28-19)12-16-4-6-17(30-3)7-5-16)21-20(11-14)31-23(26-21)27-22-24-9-8-15(2)25-22/h4-9,13-14H,10-12H2,1-3H3,(H,24,25,26,27). The first-order valence-corrected chi connectivity index (χ1v) is 11.1. The summed E-state index contributed by atoms with van der Waals surface area (Å²) in [5.41, 5.74) is 5.38. The average Bonchev–Trinajstić information content (AvgIpc) is 3.29. The Balaban J connectivity index is 1.45. The number of aryl methyl sites for hydroxylation is 1. The maximum absolute atomic E-state index is 5.26. The van der Waals surface area contributed by atoms with Crippen LogP contribution in [0.3, 0.4) is 0 Å². The number of methoxy groups -OCH3 is 1. The van der Waals surface area contributed by atoms with Gasteiger partial charge in [-0.1, -0.05) is 19.1 Å². The summed E-state index contributed by atoms with van der Waals surface area (Å²) in [7, 11) is 1.68. The number of hydrogen-bond donors (Lipinski definition) is 1. The van der Waals surface area contributed by atoms with Gasteiger partial charge in [0.2, 0.25) is 5.95 Å². The summed E-state index contributed by atoms with van der Waals surface area (Å²) in [4.78, 5) is 14.9. The van der Waals surface area contributed by atoms with Crippen molar-refractivity contribution in [2.24, 2.45) is 5.92 Å². The number of ether oxygens (including phenoxy) is 1. The summed E-state index contributed by atoms with van der Waals surface area (Å²) in [6.45, 7) is 4.94. The lowest BCUT2D eigenvalue weighted by Crippen LogP contribution is -2.05. The van der Waals surface area contributed by atoms with Gasteiger partial charge in [-0.15, -0.1) is 11.3 Å². The maximum atomic E-state index is 5.26. The molecule has 4 aromatic rings. The van der Waals surface area contributed by atoms with Crippen molar-refractivity contribution in [2.75, 3.05) is 12.4 Å². The topological polar surface area (TPSA) is 77.8 Å². The number of anilines is 2. The maximum Gasteiger partial charge on any atom is 0.229 e. The average molecular weight is 433 g/mol. The number of nitrogens with zero attached hydrogens (tertiary/aromatic N) is 5. The molecule has 3 aromatic heterocycles. The van der Waals surface area contributed by atoms with Crippen LogP contribution in [0.5, 0.6) is 5.75 Å². The summed E-state index contributed by atoms with van der Waals surface area (Å²) in [6.07, 6.45) is 5.84. The van der Waals surface area contributed by atoms with E-state index >= 15 is 0 Å². The predicted octanol–water partition coefficient (Wildman–Crippen LogP) is 4.64. The van der Waals surface area contributed by atoms with Crippen molar-refractivity contribution in [1.82, 2.24) is 24.7 Å². The number of thiazole rings is 1. The van der Waals surface area contributed by atoms with E-state index < -0.39 is 0 Å². The van der Waals surface area contributed by atoms with Crippen molar-refractivity contribution in [3.63, 3.8) is 0 Å². The molecule has 0 bridgehead atoms. The van der Waals surface area contributed by atoms with E-state index in [0.717, 1.165) is 46.4 Å². The van der Waals surface area contributed by atoms with E-state index in [1.807, 2.05) is 29.8 Å². The second-order valence-electron chi connectivity index (χ2n) is 7.99. The van der Waals surface area contributed by atoms with Gasteiger partial charge in [-0.25, -0.2) is 15.0 Å². The second-order valence-corrected chi connectivity index (χ2v) is 9.07. The molecule has 0 amide bonds. The Morgan fingerprint density at radius 2 is 2.00 bits per heavy atom. The minimum absolute atomic E-state index is 0.507. The van der Waals surface area contributed by atoms with Gasteiger partial charge in [0.25, 0.3) is 0 Å². The Bertz CT molecular complexity index is 1210. The van der Waals surface area contributed by atoms with Gasteiger partial charge >= 0.3 is 0 Å². The summed E-state index contributed by atoms with van der Waals surface area (Å²) < 4.78 is 7.28. The summed E-state index contributed by atoms with van der Waals surface area (Å²) in [6, 6.07) is 10.00. The van der Waals surface area contributed by atoms with Gasteiger partial charge in [-0.3, -0.25) is 4.68 Å². The van der Waals surface area contributed by atoms with Crippen LogP contribution >= 0.6 is 11.3 Å². The van der Waals surface area contributed by atoms with Crippen molar-refractivity contribution in [2.45, 2.75) is 33.2 Å². The van der Waals surface area contributed by atoms with Crippen LogP contribution in [0.15, 0.2) is 42.7 Å². The van der Waals surface area contributed by atoms with Crippen LogP contribution in [0.2, 0.25) is 0 Å². The van der Waals surface area contributed by atoms with E-state index in [0.29, 0.717) is 18.4 Å². The molecule has 0 fully saturated rings. The van der Waals surface area contributed by atoms with Crippen molar-refractivity contribution in [3.8, 4) is 17.0 Å². The molecule has 3 heterocycles. The lowest BCUT2D eigenvalue weighted by molar-refractivity contribution is 0.414. The minimum atomic E-state index is 0.507. The Hall–Kier alpha value is -3.26. The highest BCUT2D eigenvalue weighted by Gasteiger charge is 2.26. The first-order chi connectivity index (χ1) is 15.1. The zero-order chi connectivity index (χ0) is 21.4. The molecule has 158 valence electrons. The highest BCUT2D eigenvalue weighted by Crippen LogP contribution is 2.39. The van der Waals surface area contributed by atoms with Gasteiger partial charge in [0.05, 0.1) is 25.0 Å². The van der Waals surface area contributed by atoms with Gasteiger partial charge < -0.3 is 10.1 Å². The molecule has 0 aliphatic heterocycles. The fourth-order valence-electron chi connectivity index (χ4n) is 3.89. The largest absolute Gasteiger partial charge is 0.497 e.